The minimum atomic E-state index is -0.367. The topological polar surface area (TPSA) is 53.9 Å². The van der Waals surface area contributed by atoms with Crippen LogP contribution in [0.4, 0.5) is 4.39 Å². The highest BCUT2D eigenvalue weighted by atomic mass is 19.1. The molecule has 5 aromatic rings. The smallest absolute Gasteiger partial charge is 0.256 e. The van der Waals surface area contributed by atoms with Crippen LogP contribution in [-0.2, 0) is 6.54 Å². The number of hydrogen-bond acceptors (Lipinski definition) is 3. The zero-order valence-corrected chi connectivity index (χ0v) is 16.8. The van der Waals surface area contributed by atoms with E-state index in [4.69, 9.17) is 4.98 Å². The average molecular weight is 400 g/mol. The van der Waals surface area contributed by atoms with Crippen LogP contribution < -0.4 is 5.56 Å². The Morgan fingerprint density at radius 3 is 2.60 bits per heavy atom. The minimum Gasteiger partial charge on any atom is -0.329 e. The molecule has 2 aromatic heterocycles. The lowest BCUT2D eigenvalue weighted by Gasteiger charge is -2.15. The number of benzene rings is 3. The number of aromatic amines is 1. The molecule has 0 radical (unpaired) electrons. The summed E-state index contributed by atoms with van der Waals surface area (Å²) in [6.45, 7) is 1.54. The number of nitrogens with one attached hydrogen (secondary N) is 1. The van der Waals surface area contributed by atoms with Gasteiger partial charge in [0.2, 0.25) is 0 Å². The molecule has 0 fully saturated rings. The molecular formula is C24H21FN4O. The lowest BCUT2D eigenvalue weighted by Crippen LogP contribution is -2.19. The fraction of sp³-hybridized carbons (Fsp3) is 0.167. The predicted molar refractivity (Wildman–Crippen MR) is 119 cm³/mol. The molecule has 0 atom stereocenters. The van der Waals surface area contributed by atoms with Gasteiger partial charge in [-0.25, -0.2) is 9.37 Å². The maximum absolute atomic E-state index is 14.2. The Morgan fingerprint density at radius 2 is 1.83 bits per heavy atom. The molecule has 5 nitrogen and oxygen atoms in total. The first kappa shape index (κ1) is 18.5. The Hall–Kier alpha value is -3.51. The van der Waals surface area contributed by atoms with Gasteiger partial charge in [0.05, 0.1) is 16.4 Å². The second-order valence-electron chi connectivity index (χ2n) is 7.74. The van der Waals surface area contributed by atoms with E-state index >= 15 is 0 Å². The highest BCUT2D eigenvalue weighted by Gasteiger charge is 2.20. The number of fused-ring (bicyclic) bond motifs is 6. The summed E-state index contributed by atoms with van der Waals surface area (Å²) in [5.74, 6) is 0.472. The summed E-state index contributed by atoms with van der Waals surface area (Å²) in [5, 5.41) is 2.62. The fourth-order valence-corrected chi connectivity index (χ4v) is 4.11. The third kappa shape index (κ3) is 2.88. The first-order chi connectivity index (χ1) is 14.5. The highest BCUT2D eigenvalue weighted by Crippen LogP contribution is 2.36. The lowest BCUT2D eigenvalue weighted by atomic mass is 10.0. The molecule has 0 bridgehead atoms. The van der Waals surface area contributed by atoms with E-state index in [1.54, 1.807) is 12.3 Å². The maximum Gasteiger partial charge on any atom is 0.256 e. The molecule has 0 aliphatic rings. The van der Waals surface area contributed by atoms with E-state index in [0.717, 1.165) is 46.3 Å². The van der Waals surface area contributed by atoms with Gasteiger partial charge >= 0.3 is 0 Å². The van der Waals surface area contributed by atoms with Crippen molar-refractivity contribution in [2.24, 2.45) is 0 Å². The third-order valence-corrected chi connectivity index (χ3v) is 5.49. The number of hydrogen-bond donors (Lipinski definition) is 1. The molecular weight excluding hydrogens is 379 g/mol. The van der Waals surface area contributed by atoms with Gasteiger partial charge in [0.25, 0.3) is 5.56 Å². The van der Waals surface area contributed by atoms with E-state index in [1.807, 2.05) is 50.5 Å². The summed E-state index contributed by atoms with van der Waals surface area (Å²) in [5.41, 5.74) is 2.44. The molecule has 0 saturated carbocycles. The van der Waals surface area contributed by atoms with Gasteiger partial charge in [0.15, 0.2) is 0 Å². The molecule has 30 heavy (non-hydrogen) atoms. The van der Waals surface area contributed by atoms with E-state index in [1.165, 1.54) is 12.1 Å². The van der Waals surface area contributed by atoms with Crippen LogP contribution in [0.3, 0.4) is 0 Å². The molecule has 6 heteroatoms. The Bertz CT molecular complexity index is 1450. The molecule has 3 aromatic carbocycles. The predicted octanol–water partition coefficient (Wildman–Crippen LogP) is 4.40. The average Bonchev–Trinajstić information content (AvgIpc) is 3.12. The van der Waals surface area contributed by atoms with Crippen LogP contribution in [0.25, 0.3) is 44.0 Å². The molecule has 0 spiro atoms. The van der Waals surface area contributed by atoms with Crippen molar-refractivity contribution < 1.29 is 4.39 Å². The summed E-state index contributed by atoms with van der Waals surface area (Å²) in [7, 11) is 4.06. The van der Waals surface area contributed by atoms with E-state index < -0.39 is 0 Å². The SMILES string of the molecule is CN(C)CCn1c(-c2ccccc2)nc2c3cc[nH]c(=O)c3c3cc(F)ccc3c21. The molecule has 0 aliphatic heterocycles. The highest BCUT2D eigenvalue weighted by molar-refractivity contribution is 6.23. The lowest BCUT2D eigenvalue weighted by molar-refractivity contribution is 0.387. The number of rotatable bonds is 4. The summed E-state index contributed by atoms with van der Waals surface area (Å²) in [4.78, 5) is 22.5. The normalized spacial score (nSPS) is 11.9. The van der Waals surface area contributed by atoms with Crippen LogP contribution in [-0.4, -0.2) is 40.1 Å². The van der Waals surface area contributed by atoms with Crippen molar-refractivity contribution in [2.75, 3.05) is 20.6 Å². The van der Waals surface area contributed by atoms with Gasteiger partial charge in [-0.1, -0.05) is 30.3 Å². The van der Waals surface area contributed by atoms with Crippen molar-refractivity contribution in [3.63, 3.8) is 0 Å². The summed E-state index contributed by atoms with van der Waals surface area (Å²) in [6.07, 6.45) is 1.62. The van der Waals surface area contributed by atoms with Gasteiger partial charge in [0.1, 0.15) is 11.6 Å². The van der Waals surface area contributed by atoms with E-state index in [0.29, 0.717) is 10.8 Å². The standard InChI is InChI=1S/C24H21FN4O/c1-28(2)12-13-29-22-17-9-8-16(25)14-19(17)20-18(10-11-26-24(20)30)21(22)27-23(29)15-6-4-3-5-7-15/h3-11,14H,12-13H2,1-2H3,(H,26,30). The second-order valence-corrected chi connectivity index (χ2v) is 7.74. The van der Waals surface area contributed by atoms with Gasteiger partial charge in [0, 0.05) is 41.0 Å². The number of pyridine rings is 1. The summed E-state index contributed by atoms with van der Waals surface area (Å²) >= 11 is 0. The molecule has 150 valence electrons. The molecule has 0 aliphatic carbocycles. The maximum atomic E-state index is 14.2. The van der Waals surface area contributed by atoms with Gasteiger partial charge in [-0.3, -0.25) is 4.79 Å². The zero-order valence-electron chi connectivity index (χ0n) is 16.8. The number of imidazole rings is 1. The Labute approximate surface area is 172 Å². The Kier molecular flexibility index (Phi) is 4.37. The van der Waals surface area contributed by atoms with Gasteiger partial charge in [-0.2, -0.15) is 0 Å². The second kappa shape index (κ2) is 7.07. The Balaban J connectivity index is 1.99. The van der Waals surface area contributed by atoms with Crippen molar-refractivity contribution in [3.05, 3.63) is 77.0 Å². The van der Waals surface area contributed by atoms with E-state index in [-0.39, 0.29) is 11.4 Å². The van der Waals surface area contributed by atoms with Crippen LogP contribution >= 0.6 is 0 Å². The summed E-state index contributed by atoms with van der Waals surface area (Å²) < 4.78 is 16.4. The van der Waals surface area contributed by atoms with Crippen LogP contribution in [0.5, 0.6) is 0 Å². The van der Waals surface area contributed by atoms with E-state index in [2.05, 4.69) is 14.5 Å². The molecule has 5 rings (SSSR count). The quantitative estimate of drug-likeness (QED) is 0.455. The number of H-pyrrole nitrogens is 1. The number of aromatic nitrogens is 3. The Morgan fingerprint density at radius 1 is 1.03 bits per heavy atom. The van der Waals surface area contributed by atoms with Crippen LogP contribution in [0.1, 0.15) is 0 Å². The van der Waals surface area contributed by atoms with Crippen molar-refractivity contribution in [1.82, 2.24) is 19.4 Å². The molecule has 1 N–H and O–H groups in total. The third-order valence-electron chi connectivity index (χ3n) is 5.49. The van der Waals surface area contributed by atoms with Crippen LogP contribution in [0.2, 0.25) is 0 Å². The van der Waals surface area contributed by atoms with Gasteiger partial charge in [-0.05, 0) is 38.4 Å². The monoisotopic (exact) mass is 400 g/mol. The summed E-state index contributed by atoms with van der Waals surface area (Å²) in [6, 6.07) is 16.5. The van der Waals surface area contributed by atoms with Gasteiger partial charge < -0.3 is 14.5 Å². The fourth-order valence-electron chi connectivity index (χ4n) is 4.11. The molecule has 0 amide bonds. The zero-order chi connectivity index (χ0) is 20.8. The molecule has 2 heterocycles. The van der Waals surface area contributed by atoms with Crippen LogP contribution in [0.15, 0.2) is 65.6 Å². The first-order valence-corrected chi connectivity index (χ1v) is 9.87. The van der Waals surface area contributed by atoms with Crippen LogP contribution in [0, 0.1) is 5.82 Å². The van der Waals surface area contributed by atoms with Crippen molar-refractivity contribution >= 4 is 32.6 Å². The largest absolute Gasteiger partial charge is 0.329 e. The van der Waals surface area contributed by atoms with Crippen molar-refractivity contribution in [3.8, 4) is 11.4 Å². The number of likely N-dealkylation sites (N-methyl/N-ethyl adjacent to an activating group) is 1. The van der Waals surface area contributed by atoms with Crippen molar-refractivity contribution in [2.45, 2.75) is 6.54 Å². The number of halogens is 1. The van der Waals surface area contributed by atoms with Gasteiger partial charge in [-0.15, -0.1) is 0 Å². The molecule has 0 unspecified atom stereocenters. The van der Waals surface area contributed by atoms with Crippen molar-refractivity contribution in [1.29, 1.82) is 0 Å². The number of nitrogens with zero attached hydrogens (tertiary/aromatic N) is 3. The first-order valence-electron chi connectivity index (χ1n) is 9.87. The van der Waals surface area contributed by atoms with E-state index in [9.17, 15) is 9.18 Å². The minimum absolute atomic E-state index is 0.242. The molecule has 0 saturated heterocycles.